The number of nitrogens with one attached hydrogen (secondary N) is 1. The van der Waals surface area contributed by atoms with E-state index in [0.717, 1.165) is 5.56 Å². The Morgan fingerprint density at radius 2 is 2.08 bits per heavy atom. The molecular formula is C17H25ClN2O4S. The van der Waals surface area contributed by atoms with Crippen molar-refractivity contribution < 1.29 is 17.9 Å². The number of anilines is 1. The maximum Gasteiger partial charge on any atom is 0.245 e. The van der Waals surface area contributed by atoms with Crippen LogP contribution < -0.4 is 11.1 Å². The van der Waals surface area contributed by atoms with Crippen LogP contribution in [0.1, 0.15) is 32.8 Å². The van der Waals surface area contributed by atoms with Gasteiger partial charge in [0.25, 0.3) is 0 Å². The summed E-state index contributed by atoms with van der Waals surface area (Å²) in [6, 6.07) is 5.02. The molecular weight excluding hydrogens is 364 g/mol. The number of aryl methyl sites for hydroxylation is 1. The van der Waals surface area contributed by atoms with Crippen molar-refractivity contribution in [2.75, 3.05) is 17.7 Å². The minimum Gasteiger partial charge on any atom is -0.378 e. The molecule has 2 unspecified atom stereocenters. The molecule has 0 saturated heterocycles. The quantitative estimate of drug-likeness (QED) is 0.820. The molecule has 1 heterocycles. The number of hydrogen-bond donors (Lipinski definition) is 2. The summed E-state index contributed by atoms with van der Waals surface area (Å²) < 4.78 is 29.7. The third kappa shape index (κ3) is 3.07. The van der Waals surface area contributed by atoms with E-state index < -0.39 is 20.8 Å². The number of halogens is 1. The zero-order valence-corrected chi connectivity index (χ0v) is 16.3. The Hall–Kier alpha value is -1.15. The molecule has 1 saturated carbocycles. The standard InChI is InChI=1S/C17H24N2O4S.ClH/c1-4-23-14-10-17(18,16(14,2)3)15(20)19-12-6-5-11-7-8-24(21,22)13(11)9-12;/h5-6,9,14H,4,7-8,10,18H2,1-3H3,(H,19,20);1H. The molecule has 8 heteroatoms. The minimum atomic E-state index is -3.23. The average Bonchev–Trinajstić information content (AvgIpc) is 2.82. The molecule has 1 fully saturated rings. The van der Waals surface area contributed by atoms with Crippen LogP contribution in [0, 0.1) is 5.41 Å². The van der Waals surface area contributed by atoms with E-state index in [1.165, 1.54) is 6.07 Å². The number of benzene rings is 1. The summed E-state index contributed by atoms with van der Waals surface area (Å²) in [5.74, 6) is -0.178. The topological polar surface area (TPSA) is 98.5 Å². The first-order valence-electron chi connectivity index (χ1n) is 8.19. The zero-order chi connectivity index (χ0) is 17.8. The van der Waals surface area contributed by atoms with Gasteiger partial charge in [0.05, 0.1) is 16.8 Å². The molecule has 3 rings (SSSR count). The van der Waals surface area contributed by atoms with Crippen LogP contribution in [0.15, 0.2) is 23.1 Å². The van der Waals surface area contributed by atoms with Crippen LogP contribution >= 0.6 is 12.4 Å². The summed E-state index contributed by atoms with van der Waals surface area (Å²) in [6.07, 6.45) is 0.914. The lowest BCUT2D eigenvalue weighted by molar-refractivity contribution is -0.166. The van der Waals surface area contributed by atoms with Gasteiger partial charge in [-0.05, 0) is 31.0 Å². The second-order valence-corrected chi connectivity index (χ2v) is 9.26. The minimum absolute atomic E-state index is 0. The van der Waals surface area contributed by atoms with Gasteiger partial charge in [-0.15, -0.1) is 12.4 Å². The van der Waals surface area contributed by atoms with Gasteiger partial charge in [-0.1, -0.05) is 19.9 Å². The van der Waals surface area contributed by atoms with E-state index in [1.807, 2.05) is 20.8 Å². The van der Waals surface area contributed by atoms with E-state index in [9.17, 15) is 13.2 Å². The predicted octanol–water partition coefficient (Wildman–Crippen LogP) is 1.91. The van der Waals surface area contributed by atoms with Crippen molar-refractivity contribution in [2.24, 2.45) is 11.1 Å². The molecule has 1 aliphatic carbocycles. The smallest absolute Gasteiger partial charge is 0.245 e. The van der Waals surface area contributed by atoms with E-state index in [4.69, 9.17) is 10.5 Å². The molecule has 1 amide bonds. The maximum absolute atomic E-state index is 12.7. The molecule has 1 aromatic rings. The highest BCUT2D eigenvalue weighted by atomic mass is 35.5. The Labute approximate surface area is 154 Å². The maximum atomic E-state index is 12.7. The summed E-state index contributed by atoms with van der Waals surface area (Å²) in [4.78, 5) is 13.0. The van der Waals surface area contributed by atoms with E-state index in [-0.39, 0.29) is 30.2 Å². The number of nitrogens with two attached hydrogens (primary N) is 1. The number of sulfone groups is 1. The molecule has 0 aromatic heterocycles. The second kappa shape index (κ2) is 6.54. The number of fused-ring (bicyclic) bond motifs is 1. The number of hydrogen-bond acceptors (Lipinski definition) is 5. The van der Waals surface area contributed by atoms with Crippen LogP contribution in [0.25, 0.3) is 0 Å². The normalized spacial score (nSPS) is 28.4. The number of amides is 1. The first kappa shape index (κ1) is 20.2. The number of carbonyl (C=O) groups is 1. The molecule has 2 atom stereocenters. The highest BCUT2D eigenvalue weighted by Gasteiger charge is 2.62. The van der Waals surface area contributed by atoms with E-state index in [2.05, 4.69) is 5.32 Å². The van der Waals surface area contributed by atoms with Crippen LogP contribution in [-0.2, 0) is 25.8 Å². The summed E-state index contributed by atoms with van der Waals surface area (Å²) in [5.41, 5.74) is 6.09. The first-order valence-corrected chi connectivity index (χ1v) is 9.84. The second-order valence-electron chi connectivity index (χ2n) is 7.19. The van der Waals surface area contributed by atoms with Crippen LogP contribution in [0.3, 0.4) is 0 Å². The van der Waals surface area contributed by atoms with Gasteiger partial charge >= 0.3 is 0 Å². The predicted molar refractivity (Wildman–Crippen MR) is 98.8 cm³/mol. The summed E-state index contributed by atoms with van der Waals surface area (Å²) in [5, 5.41) is 2.79. The van der Waals surface area contributed by atoms with E-state index in [1.54, 1.807) is 12.1 Å². The Balaban J connectivity index is 0.00000225. The molecule has 2 aliphatic rings. The molecule has 1 aliphatic heterocycles. The monoisotopic (exact) mass is 388 g/mol. The number of ether oxygens (including phenoxy) is 1. The molecule has 1 aromatic carbocycles. The summed E-state index contributed by atoms with van der Waals surface area (Å²) in [7, 11) is -3.23. The van der Waals surface area contributed by atoms with Crippen molar-refractivity contribution in [2.45, 2.75) is 50.2 Å². The Morgan fingerprint density at radius 1 is 1.40 bits per heavy atom. The van der Waals surface area contributed by atoms with Gasteiger partial charge in [0.2, 0.25) is 5.91 Å². The molecule has 0 spiro atoms. The molecule has 25 heavy (non-hydrogen) atoms. The highest BCUT2D eigenvalue weighted by molar-refractivity contribution is 7.91. The first-order chi connectivity index (χ1) is 11.1. The lowest BCUT2D eigenvalue weighted by Gasteiger charge is -2.57. The Morgan fingerprint density at radius 3 is 2.68 bits per heavy atom. The van der Waals surface area contributed by atoms with Gasteiger partial charge in [-0.2, -0.15) is 0 Å². The molecule has 6 nitrogen and oxygen atoms in total. The van der Waals surface area contributed by atoms with Crippen molar-refractivity contribution in [1.29, 1.82) is 0 Å². The third-order valence-corrected chi connectivity index (χ3v) is 7.33. The van der Waals surface area contributed by atoms with Gasteiger partial charge < -0.3 is 15.8 Å². The zero-order valence-electron chi connectivity index (χ0n) is 14.7. The van der Waals surface area contributed by atoms with Crippen molar-refractivity contribution in [3.05, 3.63) is 23.8 Å². The summed E-state index contributed by atoms with van der Waals surface area (Å²) in [6.45, 7) is 6.33. The average molecular weight is 389 g/mol. The molecule has 0 bridgehead atoms. The third-order valence-electron chi connectivity index (χ3n) is 5.54. The Bertz CT molecular complexity index is 794. The van der Waals surface area contributed by atoms with Crippen LogP contribution in [0.4, 0.5) is 5.69 Å². The van der Waals surface area contributed by atoms with Crippen LogP contribution in [0.5, 0.6) is 0 Å². The van der Waals surface area contributed by atoms with Crippen molar-refractivity contribution in [3.8, 4) is 0 Å². The fourth-order valence-corrected chi connectivity index (χ4v) is 5.13. The Kier molecular flexibility index (Phi) is 5.27. The fraction of sp³-hybridized carbons (Fsp3) is 0.588. The summed E-state index contributed by atoms with van der Waals surface area (Å²) >= 11 is 0. The van der Waals surface area contributed by atoms with Gasteiger partial charge in [-0.25, -0.2) is 8.42 Å². The lowest BCUT2D eigenvalue weighted by Crippen LogP contribution is -2.74. The number of carbonyl (C=O) groups excluding carboxylic acids is 1. The molecule has 3 N–H and O–H groups in total. The molecule has 140 valence electrons. The fourth-order valence-electron chi connectivity index (χ4n) is 3.55. The van der Waals surface area contributed by atoms with Gasteiger partial charge in [0.1, 0.15) is 5.54 Å². The van der Waals surface area contributed by atoms with Crippen molar-refractivity contribution in [3.63, 3.8) is 0 Å². The van der Waals surface area contributed by atoms with E-state index in [0.29, 0.717) is 30.0 Å². The van der Waals surface area contributed by atoms with Gasteiger partial charge in [0.15, 0.2) is 9.84 Å². The van der Waals surface area contributed by atoms with E-state index >= 15 is 0 Å². The SMILES string of the molecule is CCOC1CC(N)(C(=O)Nc2ccc3c(c2)S(=O)(=O)CC3)C1(C)C.Cl. The van der Waals surface area contributed by atoms with Gasteiger partial charge in [0, 0.05) is 24.1 Å². The highest BCUT2D eigenvalue weighted by Crippen LogP contribution is 2.50. The van der Waals surface area contributed by atoms with Crippen LogP contribution in [0.2, 0.25) is 0 Å². The van der Waals surface area contributed by atoms with Crippen molar-refractivity contribution >= 4 is 33.8 Å². The van der Waals surface area contributed by atoms with Crippen LogP contribution in [-0.4, -0.2) is 38.3 Å². The molecule has 0 radical (unpaired) electrons. The van der Waals surface area contributed by atoms with Crippen molar-refractivity contribution in [1.82, 2.24) is 0 Å². The largest absolute Gasteiger partial charge is 0.378 e. The van der Waals surface area contributed by atoms with Gasteiger partial charge in [-0.3, -0.25) is 4.79 Å². The lowest BCUT2D eigenvalue weighted by atomic mass is 9.54. The number of rotatable bonds is 4.